The van der Waals surface area contributed by atoms with Crippen LogP contribution in [0.4, 0.5) is 0 Å². The van der Waals surface area contributed by atoms with Crippen molar-refractivity contribution in [3.05, 3.63) is 29.7 Å². The number of carbonyl (C=O) groups excluding carboxylic acids is 2. The predicted octanol–water partition coefficient (Wildman–Crippen LogP) is 2.45. The van der Waals surface area contributed by atoms with E-state index in [1.165, 1.54) is 12.5 Å². The normalized spacial score (nSPS) is 20.9. The van der Waals surface area contributed by atoms with E-state index in [1.807, 2.05) is 32.9 Å². The Morgan fingerprint density at radius 2 is 2.05 bits per heavy atom. The molecule has 0 aliphatic heterocycles. The maximum atomic E-state index is 11.7. The zero-order valence-electron chi connectivity index (χ0n) is 13.6. The van der Waals surface area contributed by atoms with Crippen LogP contribution in [0.2, 0.25) is 0 Å². The zero-order chi connectivity index (χ0) is 16.3. The van der Waals surface area contributed by atoms with Crippen LogP contribution in [0.15, 0.2) is 22.6 Å². The molecule has 1 saturated carbocycles. The largest absolute Gasteiger partial charge is 0.461 e. The lowest BCUT2D eigenvalue weighted by atomic mass is 10.1. The van der Waals surface area contributed by atoms with Crippen molar-refractivity contribution in [2.75, 3.05) is 6.54 Å². The van der Waals surface area contributed by atoms with E-state index in [4.69, 9.17) is 4.42 Å². The van der Waals surface area contributed by atoms with Crippen molar-refractivity contribution in [2.45, 2.75) is 45.6 Å². The van der Waals surface area contributed by atoms with Crippen molar-refractivity contribution in [3.63, 3.8) is 0 Å². The van der Waals surface area contributed by atoms with Crippen molar-refractivity contribution in [1.82, 2.24) is 10.6 Å². The summed E-state index contributed by atoms with van der Waals surface area (Å²) in [4.78, 5) is 23.3. The quantitative estimate of drug-likeness (QED) is 0.821. The van der Waals surface area contributed by atoms with Gasteiger partial charge in [0.05, 0.1) is 6.54 Å². The Morgan fingerprint density at radius 3 is 2.64 bits per heavy atom. The number of furan rings is 1. The minimum absolute atomic E-state index is 0.0383. The van der Waals surface area contributed by atoms with Gasteiger partial charge < -0.3 is 15.1 Å². The first-order valence-electron chi connectivity index (χ1n) is 7.61. The number of hydrogen-bond acceptors (Lipinski definition) is 3. The second-order valence-corrected chi connectivity index (χ2v) is 6.91. The van der Waals surface area contributed by atoms with E-state index in [2.05, 4.69) is 17.6 Å². The standard InChI is InChI=1S/C17H24N2O3/c1-11-9-13(11)14-7-5-12(22-14)6-8-15(20)18-10-16(21)19-17(2,3)4/h5-8,11,13H,9-10H2,1-4H3,(H,18,20)(H,19,21). The molecule has 2 rings (SSSR count). The molecule has 120 valence electrons. The fraction of sp³-hybridized carbons (Fsp3) is 0.529. The van der Waals surface area contributed by atoms with Crippen LogP contribution in [0.25, 0.3) is 6.08 Å². The summed E-state index contributed by atoms with van der Waals surface area (Å²) < 4.78 is 5.67. The molecule has 5 nitrogen and oxygen atoms in total. The maximum absolute atomic E-state index is 11.7. The second-order valence-electron chi connectivity index (χ2n) is 6.91. The topological polar surface area (TPSA) is 71.3 Å². The Morgan fingerprint density at radius 1 is 1.36 bits per heavy atom. The smallest absolute Gasteiger partial charge is 0.244 e. The highest BCUT2D eigenvalue weighted by atomic mass is 16.3. The minimum atomic E-state index is -0.318. The molecular weight excluding hydrogens is 280 g/mol. The summed E-state index contributed by atoms with van der Waals surface area (Å²) >= 11 is 0. The molecule has 1 fully saturated rings. The summed E-state index contributed by atoms with van der Waals surface area (Å²) in [5.41, 5.74) is -0.303. The molecule has 1 aliphatic rings. The minimum Gasteiger partial charge on any atom is -0.461 e. The van der Waals surface area contributed by atoms with Crippen LogP contribution < -0.4 is 10.6 Å². The van der Waals surface area contributed by atoms with Crippen molar-refractivity contribution in [3.8, 4) is 0 Å². The summed E-state index contributed by atoms with van der Waals surface area (Å²) in [7, 11) is 0. The van der Waals surface area contributed by atoms with Gasteiger partial charge in [0.1, 0.15) is 11.5 Å². The van der Waals surface area contributed by atoms with Crippen LogP contribution in [0, 0.1) is 5.92 Å². The number of rotatable bonds is 5. The number of amides is 2. The van der Waals surface area contributed by atoms with Gasteiger partial charge in [-0.15, -0.1) is 0 Å². The second kappa shape index (κ2) is 6.38. The van der Waals surface area contributed by atoms with Gasteiger partial charge in [0.2, 0.25) is 11.8 Å². The molecule has 1 aromatic heterocycles. The van der Waals surface area contributed by atoms with Crippen molar-refractivity contribution in [1.29, 1.82) is 0 Å². The average molecular weight is 304 g/mol. The Hall–Kier alpha value is -2.04. The van der Waals surface area contributed by atoms with Gasteiger partial charge in [-0.05, 0) is 51.3 Å². The lowest BCUT2D eigenvalue weighted by molar-refractivity contribution is -0.124. The predicted molar refractivity (Wildman–Crippen MR) is 85.2 cm³/mol. The maximum Gasteiger partial charge on any atom is 0.244 e. The molecule has 0 spiro atoms. The van der Waals surface area contributed by atoms with Crippen LogP contribution in [0.5, 0.6) is 0 Å². The van der Waals surface area contributed by atoms with E-state index in [9.17, 15) is 9.59 Å². The van der Waals surface area contributed by atoms with Gasteiger partial charge in [0.15, 0.2) is 0 Å². The van der Waals surface area contributed by atoms with Crippen LogP contribution in [-0.2, 0) is 9.59 Å². The number of nitrogens with one attached hydrogen (secondary N) is 2. The summed E-state index contributed by atoms with van der Waals surface area (Å²) in [5, 5.41) is 5.32. The van der Waals surface area contributed by atoms with Gasteiger partial charge in [-0.25, -0.2) is 0 Å². The van der Waals surface area contributed by atoms with E-state index >= 15 is 0 Å². The third-order valence-corrected chi connectivity index (χ3v) is 3.46. The van der Waals surface area contributed by atoms with Crippen molar-refractivity contribution >= 4 is 17.9 Å². The van der Waals surface area contributed by atoms with Crippen LogP contribution in [0.3, 0.4) is 0 Å². The first kappa shape index (κ1) is 16.3. The number of hydrogen-bond donors (Lipinski definition) is 2. The Kier molecular flexibility index (Phi) is 4.74. The molecule has 0 bridgehead atoms. The molecule has 1 aliphatic carbocycles. The summed E-state index contributed by atoms with van der Waals surface area (Å²) in [6.07, 6.45) is 4.16. The molecule has 2 N–H and O–H groups in total. The first-order valence-corrected chi connectivity index (χ1v) is 7.61. The molecule has 2 amide bonds. The molecule has 22 heavy (non-hydrogen) atoms. The van der Waals surface area contributed by atoms with Crippen molar-refractivity contribution < 1.29 is 14.0 Å². The fourth-order valence-corrected chi connectivity index (χ4v) is 2.22. The summed E-state index contributed by atoms with van der Waals surface area (Å²) in [6, 6.07) is 3.82. The SMILES string of the molecule is CC1CC1c1ccc(C=CC(=O)NCC(=O)NC(C)(C)C)o1. The van der Waals surface area contributed by atoms with Gasteiger partial charge in [0.25, 0.3) is 0 Å². The van der Waals surface area contributed by atoms with Gasteiger partial charge in [-0.3, -0.25) is 9.59 Å². The van der Waals surface area contributed by atoms with E-state index in [1.54, 1.807) is 6.08 Å². The van der Waals surface area contributed by atoms with Crippen molar-refractivity contribution in [2.24, 2.45) is 5.92 Å². The molecule has 1 aromatic rings. The molecule has 0 saturated heterocycles. The van der Waals surface area contributed by atoms with Crippen LogP contribution >= 0.6 is 0 Å². The highest BCUT2D eigenvalue weighted by Gasteiger charge is 2.36. The Balaban J connectivity index is 1.77. The first-order chi connectivity index (χ1) is 10.2. The van der Waals surface area contributed by atoms with Gasteiger partial charge in [0, 0.05) is 17.5 Å². The van der Waals surface area contributed by atoms with Gasteiger partial charge >= 0.3 is 0 Å². The third kappa shape index (κ3) is 5.06. The van der Waals surface area contributed by atoms with E-state index in [0.29, 0.717) is 17.6 Å². The Labute approximate surface area is 131 Å². The molecule has 1 heterocycles. The zero-order valence-corrected chi connectivity index (χ0v) is 13.6. The highest BCUT2D eigenvalue weighted by Crippen LogP contribution is 2.47. The summed E-state index contributed by atoms with van der Waals surface area (Å²) in [5.74, 6) is 2.32. The molecule has 0 aromatic carbocycles. The van der Waals surface area contributed by atoms with E-state index in [0.717, 1.165) is 5.76 Å². The molecule has 0 radical (unpaired) electrons. The number of carbonyl (C=O) groups is 2. The highest BCUT2D eigenvalue weighted by molar-refractivity contribution is 5.94. The van der Waals surface area contributed by atoms with Crippen LogP contribution in [-0.4, -0.2) is 23.9 Å². The van der Waals surface area contributed by atoms with Gasteiger partial charge in [-0.1, -0.05) is 6.92 Å². The summed E-state index contributed by atoms with van der Waals surface area (Å²) in [6.45, 7) is 7.83. The molecule has 5 heteroatoms. The van der Waals surface area contributed by atoms with Gasteiger partial charge in [-0.2, -0.15) is 0 Å². The lowest BCUT2D eigenvalue weighted by Gasteiger charge is -2.20. The molecule has 2 atom stereocenters. The molecular formula is C17H24N2O3. The van der Waals surface area contributed by atoms with E-state index < -0.39 is 0 Å². The molecule has 2 unspecified atom stereocenters. The lowest BCUT2D eigenvalue weighted by Crippen LogP contribution is -2.45. The monoisotopic (exact) mass is 304 g/mol. The fourth-order valence-electron chi connectivity index (χ4n) is 2.22. The van der Waals surface area contributed by atoms with Crippen LogP contribution in [0.1, 0.15) is 51.6 Å². The average Bonchev–Trinajstić information content (AvgIpc) is 2.95. The van der Waals surface area contributed by atoms with E-state index in [-0.39, 0.29) is 23.9 Å². The Bertz CT molecular complexity index is 581. The third-order valence-electron chi connectivity index (χ3n) is 3.46.